The maximum absolute atomic E-state index is 13.2. The number of pyridine rings is 1. The van der Waals surface area contributed by atoms with E-state index in [4.69, 9.17) is 43.1 Å². The SMILES string of the molecule is CC(=O)N1CCC(C(=O)Nc2cn[nH]c2-c2nc3ccc(CN4CCOCC4)cc3[nH]2)CC1.COc1cc2ccccc2cc1C(=O)Nc1cn[nH]c1-c1nc2ccc(CN3CCOCC3)cc2[nH]1.O=C(Nc1cn[nH]c1-c1nc2ccc(CN3CCOCC3)cc2[nH]1)c1ccc(CN2CCCCC2)o1.O=C(Nc1cn[nH]c1-c1nc2ccc(CN3CCOCC3)cc2[nH]1)c1ccc[nH]c1=O. The Morgan fingerprint density at radius 1 is 0.404 bits per heavy atom. The summed E-state index contributed by atoms with van der Waals surface area (Å²) in [5, 5.41) is 41.8. The number of nitrogens with zero attached hydrogens (tertiary/aromatic N) is 14. The van der Waals surface area contributed by atoms with Crippen molar-refractivity contribution >= 4 is 107 Å². The van der Waals surface area contributed by atoms with Crippen LogP contribution in [0.15, 0.2) is 174 Å². The van der Waals surface area contributed by atoms with Crippen LogP contribution >= 0.6 is 0 Å². The number of aromatic nitrogens is 17. The van der Waals surface area contributed by atoms with Gasteiger partial charge in [-0.25, -0.2) is 19.9 Å². The van der Waals surface area contributed by atoms with Gasteiger partial charge in [0.15, 0.2) is 29.1 Å². The van der Waals surface area contributed by atoms with Crippen molar-refractivity contribution in [1.29, 1.82) is 0 Å². The zero-order chi connectivity index (χ0) is 92.8. The predicted octanol–water partition coefficient (Wildman–Crippen LogP) is 11.5. The van der Waals surface area contributed by atoms with E-state index in [1.54, 1.807) is 49.7 Å². The number of nitrogens with one attached hydrogen (secondary N) is 13. The van der Waals surface area contributed by atoms with Crippen molar-refractivity contribution in [2.75, 3.05) is 160 Å². The van der Waals surface area contributed by atoms with E-state index in [1.165, 1.54) is 60.0 Å². The fourth-order valence-electron chi connectivity index (χ4n) is 17.8. The number of hydrogen-bond acceptors (Lipinski definition) is 25. The Bertz CT molecular complexity index is 6930. The Hall–Kier alpha value is -14.7. The predicted molar refractivity (Wildman–Crippen MR) is 512 cm³/mol. The molecule has 0 radical (unpaired) electrons. The van der Waals surface area contributed by atoms with Crippen molar-refractivity contribution < 1.29 is 52.1 Å². The van der Waals surface area contributed by atoms with Crippen molar-refractivity contribution in [3.05, 3.63) is 220 Å². The Balaban J connectivity index is 0.000000116. The molecular weight excluding hydrogens is 1740 g/mol. The zero-order valence-corrected chi connectivity index (χ0v) is 75.5. The molecule has 39 heteroatoms. The van der Waals surface area contributed by atoms with E-state index >= 15 is 0 Å². The largest absolute Gasteiger partial charge is 0.496 e. The first-order valence-corrected chi connectivity index (χ1v) is 46.0. The van der Waals surface area contributed by atoms with E-state index in [9.17, 15) is 28.8 Å². The van der Waals surface area contributed by atoms with E-state index in [0.29, 0.717) is 106 Å². The van der Waals surface area contributed by atoms with E-state index in [1.807, 2.05) is 66.7 Å². The third kappa shape index (κ3) is 21.9. The van der Waals surface area contributed by atoms with E-state index in [-0.39, 0.29) is 40.9 Å². The highest BCUT2D eigenvalue weighted by atomic mass is 16.5. The number of amides is 5. The average molecular weight is 1840 g/mol. The lowest BCUT2D eigenvalue weighted by Gasteiger charge is -2.30. The molecule has 16 heterocycles. The normalized spacial score (nSPS) is 16.2. The molecule has 6 aromatic carbocycles. The van der Waals surface area contributed by atoms with E-state index < -0.39 is 11.5 Å². The number of imidazole rings is 4. The minimum Gasteiger partial charge on any atom is -0.496 e. The molecule has 22 rings (SSSR count). The van der Waals surface area contributed by atoms with Gasteiger partial charge in [0.2, 0.25) is 11.8 Å². The number of likely N-dealkylation sites (tertiary alicyclic amines) is 2. The van der Waals surface area contributed by atoms with E-state index in [0.717, 1.165) is 212 Å². The molecule has 10 aromatic heterocycles. The Kier molecular flexibility index (Phi) is 28.1. The lowest BCUT2D eigenvalue weighted by Crippen LogP contribution is -2.40. The number of H-pyrrole nitrogens is 9. The number of morpholine rings is 4. The molecule has 39 nitrogen and oxygen atoms in total. The Morgan fingerprint density at radius 3 is 1.18 bits per heavy atom. The van der Waals surface area contributed by atoms with E-state index in [2.05, 4.69) is 165 Å². The summed E-state index contributed by atoms with van der Waals surface area (Å²) in [5.41, 5.74) is 16.4. The second-order valence-corrected chi connectivity index (χ2v) is 34.5. The van der Waals surface area contributed by atoms with Gasteiger partial charge in [-0.15, -0.1) is 0 Å². The molecule has 16 aromatic rings. The van der Waals surface area contributed by atoms with Crippen molar-refractivity contribution in [2.45, 2.75) is 71.8 Å². The molecule has 5 amide bonds. The molecule has 0 atom stereocenters. The molecule has 6 saturated heterocycles. The van der Waals surface area contributed by atoms with Gasteiger partial charge in [-0.1, -0.05) is 55.0 Å². The lowest BCUT2D eigenvalue weighted by molar-refractivity contribution is -0.132. The summed E-state index contributed by atoms with van der Waals surface area (Å²) in [6.45, 7) is 22.8. The maximum Gasteiger partial charge on any atom is 0.291 e. The summed E-state index contributed by atoms with van der Waals surface area (Å²) < 4.78 is 33.1. The first-order valence-electron chi connectivity index (χ1n) is 46.0. The van der Waals surface area contributed by atoms with Gasteiger partial charge in [0.1, 0.15) is 39.8 Å². The number of benzene rings is 6. The van der Waals surface area contributed by atoms with Crippen molar-refractivity contribution in [3.63, 3.8) is 0 Å². The van der Waals surface area contributed by atoms with Gasteiger partial charge < -0.3 is 79.2 Å². The highest BCUT2D eigenvalue weighted by molar-refractivity contribution is 6.10. The topological polar surface area (TPSA) is 474 Å². The monoisotopic (exact) mass is 1840 g/mol. The first-order chi connectivity index (χ1) is 66.6. The summed E-state index contributed by atoms with van der Waals surface area (Å²) >= 11 is 0. The summed E-state index contributed by atoms with van der Waals surface area (Å²) in [6, 6.07) is 43.1. The van der Waals surface area contributed by atoms with Crippen LogP contribution in [0, 0.1) is 5.92 Å². The maximum atomic E-state index is 13.2. The molecule has 6 fully saturated rings. The van der Waals surface area contributed by atoms with Gasteiger partial charge in [0.05, 0.1) is 164 Å². The van der Waals surface area contributed by atoms with Crippen molar-refractivity contribution in [3.8, 4) is 51.8 Å². The number of carbonyl (C=O) groups excluding carboxylic acids is 5. The van der Waals surface area contributed by atoms with Crippen LogP contribution in [0.2, 0.25) is 0 Å². The summed E-state index contributed by atoms with van der Waals surface area (Å²) in [5.74, 6) is 2.76. The van der Waals surface area contributed by atoms with Crippen LogP contribution in [-0.4, -0.2) is 283 Å². The second-order valence-electron chi connectivity index (χ2n) is 34.5. The molecule has 702 valence electrons. The number of furan rings is 1. The van der Waals surface area contributed by atoms with Crippen molar-refractivity contribution in [2.24, 2.45) is 5.92 Å². The molecule has 0 bridgehead atoms. The third-order valence-corrected chi connectivity index (χ3v) is 25.1. The van der Waals surface area contributed by atoms with Gasteiger partial charge in [0, 0.05) is 111 Å². The van der Waals surface area contributed by atoms with Crippen molar-refractivity contribution in [1.82, 2.24) is 115 Å². The third-order valence-electron chi connectivity index (χ3n) is 25.1. The first kappa shape index (κ1) is 90.5. The molecule has 0 aliphatic carbocycles. The Labute approximate surface area is 779 Å². The fraction of sp³-hybridized carbons (Fsp3) is 0.340. The number of piperidine rings is 2. The quantitative estimate of drug-likeness (QED) is 0.0283. The summed E-state index contributed by atoms with van der Waals surface area (Å²) in [4.78, 5) is 123. The number of anilines is 4. The minimum atomic E-state index is -0.520. The number of carbonyl (C=O) groups is 5. The van der Waals surface area contributed by atoms with Crippen LogP contribution in [0.3, 0.4) is 0 Å². The molecule has 0 unspecified atom stereocenters. The second kappa shape index (κ2) is 42.3. The van der Waals surface area contributed by atoms with Crippen LogP contribution in [0.25, 0.3) is 101 Å². The molecule has 6 aliphatic heterocycles. The van der Waals surface area contributed by atoms with Gasteiger partial charge in [-0.3, -0.25) is 73.7 Å². The van der Waals surface area contributed by atoms with Gasteiger partial charge in [0.25, 0.3) is 23.3 Å². The number of ether oxygens (including phenoxy) is 5. The zero-order valence-electron chi connectivity index (χ0n) is 75.5. The van der Waals surface area contributed by atoms with Crippen LogP contribution in [0.1, 0.15) is 98.3 Å². The smallest absolute Gasteiger partial charge is 0.291 e. The number of hydrogen-bond donors (Lipinski definition) is 13. The molecule has 13 N–H and O–H groups in total. The van der Waals surface area contributed by atoms with Crippen LogP contribution in [0.4, 0.5) is 22.7 Å². The highest BCUT2D eigenvalue weighted by Gasteiger charge is 2.30. The minimum absolute atomic E-state index is 0.0204. The molecule has 136 heavy (non-hydrogen) atoms. The molecule has 6 aliphatic rings. The molecule has 0 spiro atoms. The summed E-state index contributed by atoms with van der Waals surface area (Å²) in [6.07, 6.45) is 12.8. The molecule has 0 saturated carbocycles. The van der Waals surface area contributed by atoms with Crippen LogP contribution in [-0.2, 0) is 61.3 Å². The van der Waals surface area contributed by atoms with Gasteiger partial charge in [-0.05, 0) is 157 Å². The number of fused-ring (bicyclic) bond motifs is 5. The average Bonchev–Trinajstić information content (AvgIpc) is 1.66. The fourth-order valence-corrected chi connectivity index (χ4v) is 17.8. The lowest BCUT2D eigenvalue weighted by atomic mass is 9.96. The summed E-state index contributed by atoms with van der Waals surface area (Å²) in [7, 11) is 1.56. The number of methoxy groups -OCH3 is 1. The molecular formula is C97H107N27O12. The standard InChI is InChI=1S/C27H26N6O3.C26H31N7O3.C23H29N7O3.C21H21N7O3/c1-35-24-14-19-5-3-2-4-18(19)13-20(24)27(34)31-23-15-28-32-25(23)26-29-21-7-6-17(12-22(21)30-26)16-33-8-10-36-11-9-33;34-26(23-7-5-19(36-23)17-32-8-2-1-3-9-32)30-22-15-27-31-24(22)25-28-20-6-4-18(14-21(20)29-25)16-33-10-12-35-13-11-33;1-15(31)30-6-4-17(5-7-30)23(32)27-20-13-24-28-21(20)22-25-18-3-2-16(12-19(18)26-22)14-29-8-10-33-11-9-29;29-20-14(2-1-5-22-20)21(30)26-17-11-23-27-18(17)19-24-15-4-3-13(10-16(15)25-19)12-28-6-8-31-9-7-28/h2-7,12-15H,8-11,16H2,1H3,(H,28,32)(H,29,30)(H,31,34);4-7,14-15H,1-3,8-13,16-17H2,(H,27,31)(H,28,29)(H,30,34);2-3,12-13,17H,4-11,14H2,1H3,(H,24,28)(H,25,26)(H,27,32);1-5,10-11H,6-9,12H2,(H,22,29)(H,23,27)(H,24,25)(H,26,30). The van der Waals surface area contributed by atoms with Gasteiger partial charge in [-0.2, -0.15) is 20.4 Å². The van der Waals surface area contributed by atoms with Crippen LogP contribution < -0.4 is 31.6 Å². The number of rotatable bonds is 23. The highest BCUT2D eigenvalue weighted by Crippen LogP contribution is 2.35. The number of aromatic amines is 9. The van der Waals surface area contributed by atoms with Crippen LogP contribution in [0.5, 0.6) is 5.75 Å². The Morgan fingerprint density at radius 2 is 0.787 bits per heavy atom. The van der Waals surface area contributed by atoms with Gasteiger partial charge >= 0.3 is 0 Å².